The van der Waals surface area contributed by atoms with Crippen molar-refractivity contribution in [2.24, 2.45) is 17.6 Å². The lowest BCUT2D eigenvalue weighted by molar-refractivity contribution is -0.139. The van der Waals surface area contributed by atoms with E-state index >= 15 is 0 Å². The minimum absolute atomic E-state index is 0.0259. The number of Topliss-reactive ketones (excluding diaryl/α,β-unsaturated/α-hetero) is 1. The predicted molar refractivity (Wildman–Crippen MR) is 99.2 cm³/mol. The first-order valence-electron chi connectivity index (χ1n) is 10.0. The molecule has 0 aromatic carbocycles. The maximum atomic E-state index is 12.5. The zero-order valence-corrected chi connectivity index (χ0v) is 16.2. The number of hydrogen-bond acceptors (Lipinski definition) is 4. The smallest absolute Gasteiger partial charge is 0.223 e. The summed E-state index contributed by atoms with van der Waals surface area (Å²) in [6.45, 7) is 7.40. The molecule has 0 aromatic rings. The first kappa shape index (κ1) is 20.4. The predicted octanol–water partition coefficient (Wildman–Crippen LogP) is 2.91. The Morgan fingerprint density at radius 3 is 2.40 bits per heavy atom. The standard InChI is InChI=1S/C20H36N2O3/c1-14(2)16-7-9-17(10-8-16)25-13-19-18(21)5-4-12-22(19)20(24)11-6-15(3)23/h14,16-19H,4-13,21H2,1-3H3. The van der Waals surface area contributed by atoms with Crippen LogP contribution in [0.2, 0.25) is 0 Å². The van der Waals surface area contributed by atoms with Crippen LogP contribution in [0.25, 0.3) is 0 Å². The van der Waals surface area contributed by atoms with Gasteiger partial charge in [-0.3, -0.25) is 4.79 Å². The van der Waals surface area contributed by atoms with Crippen LogP contribution in [-0.4, -0.2) is 47.9 Å². The maximum Gasteiger partial charge on any atom is 0.223 e. The molecule has 2 N–H and O–H groups in total. The maximum absolute atomic E-state index is 12.5. The first-order valence-corrected chi connectivity index (χ1v) is 10.0. The van der Waals surface area contributed by atoms with Crippen molar-refractivity contribution in [2.45, 2.75) is 90.3 Å². The highest BCUT2D eigenvalue weighted by molar-refractivity contribution is 5.83. The second-order valence-electron chi connectivity index (χ2n) is 8.28. The fourth-order valence-corrected chi connectivity index (χ4v) is 4.19. The van der Waals surface area contributed by atoms with Gasteiger partial charge in [0, 0.05) is 25.4 Å². The van der Waals surface area contributed by atoms with Crippen LogP contribution in [0, 0.1) is 11.8 Å². The normalized spacial score (nSPS) is 30.5. The molecule has 1 heterocycles. The number of ether oxygens (including phenoxy) is 1. The van der Waals surface area contributed by atoms with Crippen LogP contribution in [0.15, 0.2) is 0 Å². The number of nitrogens with two attached hydrogens (primary N) is 1. The van der Waals surface area contributed by atoms with Gasteiger partial charge in [-0.15, -0.1) is 0 Å². The van der Waals surface area contributed by atoms with E-state index in [1.165, 1.54) is 19.8 Å². The Morgan fingerprint density at radius 2 is 1.80 bits per heavy atom. The van der Waals surface area contributed by atoms with E-state index in [-0.39, 0.29) is 30.2 Å². The summed E-state index contributed by atoms with van der Waals surface area (Å²) >= 11 is 0. The van der Waals surface area contributed by atoms with Crippen molar-refractivity contribution in [1.82, 2.24) is 4.90 Å². The molecule has 1 aliphatic carbocycles. The zero-order valence-electron chi connectivity index (χ0n) is 16.2. The van der Waals surface area contributed by atoms with E-state index in [9.17, 15) is 9.59 Å². The summed E-state index contributed by atoms with van der Waals surface area (Å²) in [5, 5.41) is 0. The highest BCUT2D eigenvalue weighted by Crippen LogP contribution is 2.31. The molecular formula is C20H36N2O3. The molecule has 1 aliphatic heterocycles. The van der Waals surface area contributed by atoms with Crippen molar-refractivity contribution in [3.63, 3.8) is 0 Å². The van der Waals surface area contributed by atoms with Gasteiger partial charge in [-0.1, -0.05) is 13.8 Å². The number of likely N-dealkylation sites (tertiary alicyclic amines) is 1. The highest BCUT2D eigenvalue weighted by atomic mass is 16.5. The number of piperidine rings is 1. The molecule has 1 amide bonds. The molecule has 25 heavy (non-hydrogen) atoms. The van der Waals surface area contributed by atoms with Crippen LogP contribution in [-0.2, 0) is 14.3 Å². The largest absolute Gasteiger partial charge is 0.376 e. The fourth-order valence-electron chi connectivity index (χ4n) is 4.19. The van der Waals surface area contributed by atoms with E-state index in [0.717, 1.165) is 44.1 Å². The summed E-state index contributed by atoms with van der Waals surface area (Å²) in [4.78, 5) is 25.5. The van der Waals surface area contributed by atoms with Crippen LogP contribution in [0.4, 0.5) is 0 Å². The molecule has 2 aliphatic rings. The number of amides is 1. The van der Waals surface area contributed by atoms with E-state index in [4.69, 9.17) is 10.5 Å². The number of rotatable bonds is 7. The van der Waals surface area contributed by atoms with Crippen molar-refractivity contribution >= 4 is 11.7 Å². The van der Waals surface area contributed by atoms with Crippen LogP contribution in [0.5, 0.6) is 0 Å². The molecule has 2 fully saturated rings. The topological polar surface area (TPSA) is 72.6 Å². The molecule has 0 bridgehead atoms. The summed E-state index contributed by atoms with van der Waals surface area (Å²) in [6, 6.07) is -0.0712. The number of hydrogen-bond donors (Lipinski definition) is 1. The summed E-state index contributed by atoms with van der Waals surface area (Å²) in [6.07, 6.45) is 7.48. The molecule has 5 nitrogen and oxygen atoms in total. The Hall–Kier alpha value is -0.940. The average Bonchev–Trinajstić information content (AvgIpc) is 2.58. The van der Waals surface area contributed by atoms with Crippen molar-refractivity contribution in [3.8, 4) is 0 Å². The molecule has 2 unspecified atom stereocenters. The first-order chi connectivity index (χ1) is 11.9. The third kappa shape index (κ3) is 6.07. The third-order valence-electron chi connectivity index (χ3n) is 6.01. The van der Waals surface area contributed by atoms with Gasteiger partial charge in [-0.25, -0.2) is 0 Å². The minimum atomic E-state index is -0.0453. The van der Waals surface area contributed by atoms with E-state index < -0.39 is 0 Å². The van der Waals surface area contributed by atoms with Crippen LogP contribution in [0.3, 0.4) is 0 Å². The Bertz CT molecular complexity index is 444. The van der Waals surface area contributed by atoms with Gasteiger partial charge in [0.2, 0.25) is 5.91 Å². The minimum Gasteiger partial charge on any atom is -0.376 e. The second-order valence-corrected chi connectivity index (χ2v) is 8.28. The molecule has 1 saturated heterocycles. The molecule has 1 saturated carbocycles. The van der Waals surface area contributed by atoms with Crippen LogP contribution in [0.1, 0.15) is 72.1 Å². The molecule has 2 rings (SSSR count). The lowest BCUT2D eigenvalue weighted by Gasteiger charge is -2.41. The number of nitrogens with zero attached hydrogens (tertiary/aromatic N) is 1. The van der Waals surface area contributed by atoms with Crippen LogP contribution >= 0.6 is 0 Å². The number of carbonyl (C=O) groups excluding carboxylic acids is 2. The summed E-state index contributed by atoms with van der Waals surface area (Å²) < 4.78 is 6.19. The van der Waals surface area contributed by atoms with Gasteiger partial charge >= 0.3 is 0 Å². The molecule has 0 radical (unpaired) electrons. The quantitative estimate of drug-likeness (QED) is 0.764. The van der Waals surface area contributed by atoms with Crippen molar-refractivity contribution < 1.29 is 14.3 Å². The number of carbonyl (C=O) groups is 2. The van der Waals surface area contributed by atoms with E-state index in [1.807, 2.05) is 4.90 Å². The zero-order chi connectivity index (χ0) is 18.4. The van der Waals surface area contributed by atoms with Gasteiger partial charge in [-0.2, -0.15) is 0 Å². The SMILES string of the molecule is CC(=O)CCC(=O)N1CCCC(N)C1COC1CCC(C(C)C)CC1. The van der Waals surface area contributed by atoms with Crippen LogP contribution < -0.4 is 5.73 Å². The van der Waals surface area contributed by atoms with Gasteiger partial charge in [-0.05, 0) is 57.3 Å². The Balaban J connectivity index is 1.84. The lowest BCUT2D eigenvalue weighted by atomic mass is 9.80. The highest BCUT2D eigenvalue weighted by Gasteiger charge is 2.33. The monoisotopic (exact) mass is 352 g/mol. The van der Waals surface area contributed by atoms with E-state index in [1.54, 1.807) is 0 Å². The van der Waals surface area contributed by atoms with Gasteiger partial charge < -0.3 is 20.2 Å². The summed E-state index contributed by atoms with van der Waals surface area (Å²) in [5.41, 5.74) is 6.30. The summed E-state index contributed by atoms with van der Waals surface area (Å²) in [7, 11) is 0. The molecular weight excluding hydrogens is 316 g/mol. The molecule has 2 atom stereocenters. The molecule has 0 aromatic heterocycles. The van der Waals surface area contributed by atoms with Gasteiger partial charge in [0.25, 0.3) is 0 Å². The van der Waals surface area contributed by atoms with Gasteiger partial charge in [0.15, 0.2) is 0 Å². The average molecular weight is 353 g/mol. The van der Waals surface area contributed by atoms with E-state index in [0.29, 0.717) is 19.1 Å². The number of ketones is 1. The Kier molecular flexibility index (Phi) is 7.88. The van der Waals surface area contributed by atoms with Crippen molar-refractivity contribution in [1.29, 1.82) is 0 Å². The third-order valence-corrected chi connectivity index (χ3v) is 6.01. The molecule has 5 heteroatoms. The lowest BCUT2D eigenvalue weighted by Crippen LogP contribution is -2.56. The Morgan fingerprint density at radius 1 is 1.12 bits per heavy atom. The Labute approximate surface area is 152 Å². The molecule has 144 valence electrons. The van der Waals surface area contributed by atoms with Gasteiger partial charge in [0.1, 0.15) is 5.78 Å². The second kappa shape index (κ2) is 9.67. The molecule has 0 spiro atoms. The van der Waals surface area contributed by atoms with Gasteiger partial charge in [0.05, 0.1) is 18.8 Å². The van der Waals surface area contributed by atoms with E-state index in [2.05, 4.69) is 13.8 Å². The van der Waals surface area contributed by atoms with Crippen molar-refractivity contribution in [3.05, 3.63) is 0 Å². The van der Waals surface area contributed by atoms with Crippen molar-refractivity contribution in [2.75, 3.05) is 13.2 Å². The fraction of sp³-hybridized carbons (Fsp3) is 0.900. The summed E-state index contributed by atoms with van der Waals surface area (Å²) in [5.74, 6) is 1.68.